The summed E-state index contributed by atoms with van der Waals surface area (Å²) in [5.74, 6) is 0. The summed E-state index contributed by atoms with van der Waals surface area (Å²) in [6.07, 6.45) is 2.01. The second kappa shape index (κ2) is 6.02. The Morgan fingerprint density at radius 2 is 2.38 bits per heavy atom. The van der Waals surface area contributed by atoms with E-state index in [0.717, 1.165) is 12.8 Å². The summed E-state index contributed by atoms with van der Waals surface area (Å²) in [6.45, 7) is 0.633. The SMILES string of the molecule is COCC(Cl)CCc1ccc(Br)s1. The van der Waals surface area contributed by atoms with E-state index in [2.05, 4.69) is 28.1 Å². The highest BCUT2D eigenvalue weighted by molar-refractivity contribution is 9.11. The molecule has 0 fully saturated rings. The van der Waals surface area contributed by atoms with Crippen LogP contribution in [0.5, 0.6) is 0 Å². The summed E-state index contributed by atoms with van der Waals surface area (Å²) in [5.41, 5.74) is 0. The van der Waals surface area contributed by atoms with Crippen LogP contribution in [0.2, 0.25) is 0 Å². The summed E-state index contributed by atoms with van der Waals surface area (Å²) >= 11 is 11.2. The third-order valence-corrected chi connectivity index (χ3v) is 3.71. The highest BCUT2D eigenvalue weighted by Gasteiger charge is 2.05. The molecule has 0 N–H and O–H groups in total. The summed E-state index contributed by atoms with van der Waals surface area (Å²) in [6, 6.07) is 4.20. The molecule has 0 aliphatic rings. The van der Waals surface area contributed by atoms with Crippen LogP contribution in [0, 0.1) is 0 Å². The van der Waals surface area contributed by atoms with Gasteiger partial charge in [0.15, 0.2) is 0 Å². The molecular formula is C9H12BrClOS. The van der Waals surface area contributed by atoms with Crippen LogP contribution < -0.4 is 0 Å². The van der Waals surface area contributed by atoms with Crippen LogP contribution >= 0.6 is 38.9 Å². The smallest absolute Gasteiger partial charge is 0.0701 e. The van der Waals surface area contributed by atoms with E-state index in [9.17, 15) is 0 Å². The Hall–Kier alpha value is 0.430. The van der Waals surface area contributed by atoms with Crippen molar-refractivity contribution in [2.45, 2.75) is 18.2 Å². The Kier molecular flexibility index (Phi) is 5.32. The van der Waals surface area contributed by atoms with Crippen LogP contribution in [-0.4, -0.2) is 19.1 Å². The first-order valence-electron chi connectivity index (χ1n) is 4.09. The van der Waals surface area contributed by atoms with Crippen LogP contribution in [0.3, 0.4) is 0 Å². The topological polar surface area (TPSA) is 9.23 Å². The monoisotopic (exact) mass is 282 g/mol. The lowest BCUT2D eigenvalue weighted by molar-refractivity contribution is 0.195. The highest BCUT2D eigenvalue weighted by Crippen LogP contribution is 2.23. The third-order valence-electron chi connectivity index (χ3n) is 1.68. The summed E-state index contributed by atoms with van der Waals surface area (Å²) in [4.78, 5) is 1.37. The van der Waals surface area contributed by atoms with Crippen molar-refractivity contribution in [1.82, 2.24) is 0 Å². The van der Waals surface area contributed by atoms with Gasteiger partial charge in [-0.05, 0) is 40.9 Å². The van der Waals surface area contributed by atoms with Gasteiger partial charge in [-0.2, -0.15) is 0 Å². The van der Waals surface area contributed by atoms with Gasteiger partial charge in [0.25, 0.3) is 0 Å². The molecule has 13 heavy (non-hydrogen) atoms. The second-order valence-corrected chi connectivity index (χ2v) is 5.96. The number of thiophene rings is 1. The van der Waals surface area contributed by atoms with Crippen molar-refractivity contribution < 1.29 is 4.74 Å². The van der Waals surface area contributed by atoms with Gasteiger partial charge in [0.1, 0.15) is 0 Å². The van der Waals surface area contributed by atoms with Gasteiger partial charge in [0, 0.05) is 12.0 Å². The molecule has 74 valence electrons. The fourth-order valence-corrected chi connectivity index (χ4v) is 2.78. The maximum absolute atomic E-state index is 6.01. The van der Waals surface area contributed by atoms with Gasteiger partial charge in [0.05, 0.1) is 15.8 Å². The predicted molar refractivity (Wildman–Crippen MR) is 61.9 cm³/mol. The van der Waals surface area contributed by atoms with Crippen molar-refractivity contribution in [3.05, 3.63) is 20.8 Å². The fourth-order valence-electron chi connectivity index (χ4n) is 1.05. The molecule has 0 aliphatic heterocycles. The minimum Gasteiger partial charge on any atom is -0.383 e. The highest BCUT2D eigenvalue weighted by atomic mass is 79.9. The lowest BCUT2D eigenvalue weighted by Crippen LogP contribution is -2.07. The van der Waals surface area contributed by atoms with Crippen LogP contribution in [0.4, 0.5) is 0 Å². The largest absolute Gasteiger partial charge is 0.383 e. The van der Waals surface area contributed by atoms with E-state index in [1.54, 1.807) is 18.4 Å². The van der Waals surface area contributed by atoms with Crippen LogP contribution in [-0.2, 0) is 11.2 Å². The van der Waals surface area contributed by atoms with Crippen LogP contribution in [0.1, 0.15) is 11.3 Å². The molecule has 0 saturated carbocycles. The molecule has 1 rings (SSSR count). The molecular weight excluding hydrogens is 272 g/mol. The zero-order valence-electron chi connectivity index (χ0n) is 7.43. The molecule has 0 saturated heterocycles. The molecule has 1 aromatic rings. The molecule has 1 nitrogen and oxygen atoms in total. The van der Waals surface area contributed by atoms with E-state index in [0.29, 0.717) is 6.61 Å². The first kappa shape index (κ1) is 11.5. The quantitative estimate of drug-likeness (QED) is 0.749. The first-order valence-corrected chi connectivity index (χ1v) is 6.14. The maximum atomic E-state index is 6.01. The number of alkyl halides is 1. The zero-order chi connectivity index (χ0) is 9.68. The van der Waals surface area contributed by atoms with E-state index >= 15 is 0 Å². The third kappa shape index (κ3) is 4.45. The number of methoxy groups -OCH3 is 1. The van der Waals surface area contributed by atoms with Gasteiger partial charge < -0.3 is 4.74 Å². The Bertz CT molecular complexity index is 252. The number of halogens is 2. The van der Waals surface area contributed by atoms with Crippen molar-refractivity contribution in [2.75, 3.05) is 13.7 Å². The Morgan fingerprint density at radius 3 is 2.92 bits per heavy atom. The average Bonchev–Trinajstić information content (AvgIpc) is 2.49. The van der Waals surface area contributed by atoms with Crippen molar-refractivity contribution in [1.29, 1.82) is 0 Å². The number of ether oxygens (including phenoxy) is 1. The standard InChI is InChI=1S/C9H12BrClOS/c1-12-6-7(11)2-3-8-4-5-9(10)13-8/h4-5,7H,2-3,6H2,1H3. The first-order chi connectivity index (χ1) is 6.22. The molecule has 0 bridgehead atoms. The Labute approximate surface area is 96.2 Å². The van der Waals surface area contributed by atoms with Gasteiger partial charge in [-0.3, -0.25) is 0 Å². The van der Waals surface area contributed by atoms with E-state index in [-0.39, 0.29) is 5.38 Å². The lowest BCUT2D eigenvalue weighted by Gasteiger charge is -2.05. The number of aryl methyl sites for hydroxylation is 1. The number of hydrogen-bond acceptors (Lipinski definition) is 2. The molecule has 1 heterocycles. The van der Waals surface area contributed by atoms with Crippen molar-refractivity contribution >= 4 is 38.9 Å². The van der Waals surface area contributed by atoms with Gasteiger partial charge >= 0.3 is 0 Å². The normalized spacial score (nSPS) is 13.2. The van der Waals surface area contributed by atoms with Crippen molar-refractivity contribution in [3.8, 4) is 0 Å². The molecule has 0 spiro atoms. The maximum Gasteiger partial charge on any atom is 0.0701 e. The molecule has 0 radical (unpaired) electrons. The van der Waals surface area contributed by atoms with E-state index in [1.807, 2.05) is 0 Å². The van der Waals surface area contributed by atoms with Crippen molar-refractivity contribution in [2.24, 2.45) is 0 Å². The zero-order valence-corrected chi connectivity index (χ0v) is 10.6. The molecule has 1 aromatic heterocycles. The summed E-state index contributed by atoms with van der Waals surface area (Å²) < 4.78 is 6.14. The molecule has 0 aliphatic carbocycles. The van der Waals surface area contributed by atoms with Gasteiger partial charge in [0.2, 0.25) is 0 Å². The fraction of sp³-hybridized carbons (Fsp3) is 0.556. The molecule has 1 atom stereocenters. The minimum atomic E-state index is 0.130. The lowest BCUT2D eigenvalue weighted by atomic mass is 10.2. The molecule has 0 aromatic carbocycles. The van der Waals surface area contributed by atoms with Gasteiger partial charge in [-0.15, -0.1) is 22.9 Å². The van der Waals surface area contributed by atoms with Crippen LogP contribution in [0.15, 0.2) is 15.9 Å². The van der Waals surface area contributed by atoms with E-state index in [4.69, 9.17) is 16.3 Å². The van der Waals surface area contributed by atoms with Crippen molar-refractivity contribution in [3.63, 3.8) is 0 Å². The van der Waals surface area contributed by atoms with E-state index in [1.165, 1.54) is 8.66 Å². The minimum absolute atomic E-state index is 0.130. The van der Waals surface area contributed by atoms with Gasteiger partial charge in [-0.1, -0.05) is 0 Å². The molecule has 0 amide bonds. The van der Waals surface area contributed by atoms with E-state index < -0.39 is 0 Å². The molecule has 1 unspecified atom stereocenters. The molecule has 4 heteroatoms. The second-order valence-electron chi connectivity index (χ2n) is 2.80. The number of hydrogen-bond donors (Lipinski definition) is 0. The Balaban J connectivity index is 2.26. The average molecular weight is 284 g/mol. The number of rotatable bonds is 5. The summed E-state index contributed by atoms with van der Waals surface area (Å²) in [7, 11) is 1.68. The Morgan fingerprint density at radius 1 is 1.62 bits per heavy atom. The predicted octanol–water partition coefficient (Wildman–Crippen LogP) is 3.70. The van der Waals surface area contributed by atoms with Gasteiger partial charge in [-0.25, -0.2) is 0 Å². The summed E-state index contributed by atoms with van der Waals surface area (Å²) in [5, 5.41) is 0.130. The van der Waals surface area contributed by atoms with Crippen LogP contribution in [0.25, 0.3) is 0 Å².